The first kappa shape index (κ1) is 15.0. The Kier molecular flexibility index (Phi) is 5.17. The van der Waals surface area contributed by atoms with Gasteiger partial charge in [-0.25, -0.2) is 0 Å². The molecular formula is C16H24N2O2. The fraction of sp³-hybridized carbons (Fsp3) is 0.500. The maximum atomic E-state index is 5.35. The van der Waals surface area contributed by atoms with Gasteiger partial charge in [0.05, 0.1) is 12.7 Å². The number of nitrogens with one attached hydrogen (secondary N) is 1. The SMILES string of the molecule is COCC(CNCc1c(C)c2ccccc2n1C)OC. The van der Waals surface area contributed by atoms with E-state index in [9.17, 15) is 0 Å². The Hall–Kier alpha value is -1.36. The average molecular weight is 276 g/mol. The average Bonchev–Trinajstić information content (AvgIpc) is 2.71. The first-order valence-electron chi connectivity index (χ1n) is 6.94. The molecule has 4 nitrogen and oxygen atoms in total. The Morgan fingerprint density at radius 2 is 2.00 bits per heavy atom. The predicted octanol–water partition coefficient (Wildman–Crippen LogP) is 2.24. The molecule has 1 unspecified atom stereocenters. The smallest absolute Gasteiger partial charge is 0.0928 e. The van der Waals surface area contributed by atoms with Crippen molar-refractivity contribution in [2.24, 2.45) is 7.05 Å². The third kappa shape index (κ3) is 3.03. The number of ether oxygens (including phenoxy) is 2. The van der Waals surface area contributed by atoms with Crippen LogP contribution in [0.3, 0.4) is 0 Å². The second-order valence-corrected chi connectivity index (χ2v) is 5.09. The van der Waals surface area contributed by atoms with E-state index in [1.54, 1.807) is 14.2 Å². The van der Waals surface area contributed by atoms with Crippen LogP contribution in [0.15, 0.2) is 24.3 Å². The number of hydrogen-bond acceptors (Lipinski definition) is 3. The standard InChI is InChI=1S/C16H24N2O2/c1-12-14-7-5-6-8-15(14)18(2)16(12)10-17-9-13(20-4)11-19-3/h5-8,13,17H,9-11H2,1-4H3. The van der Waals surface area contributed by atoms with Crippen LogP contribution in [0, 0.1) is 6.92 Å². The van der Waals surface area contributed by atoms with Crippen molar-refractivity contribution in [2.75, 3.05) is 27.4 Å². The topological polar surface area (TPSA) is 35.4 Å². The van der Waals surface area contributed by atoms with Crippen LogP contribution in [0.5, 0.6) is 0 Å². The summed E-state index contributed by atoms with van der Waals surface area (Å²) in [6.45, 7) is 4.41. The van der Waals surface area contributed by atoms with Crippen molar-refractivity contribution in [2.45, 2.75) is 19.6 Å². The van der Waals surface area contributed by atoms with E-state index < -0.39 is 0 Å². The minimum Gasteiger partial charge on any atom is -0.382 e. The normalized spacial score (nSPS) is 13.0. The van der Waals surface area contributed by atoms with Crippen LogP contribution < -0.4 is 5.32 Å². The van der Waals surface area contributed by atoms with Crippen LogP contribution >= 0.6 is 0 Å². The molecule has 0 fully saturated rings. The Morgan fingerprint density at radius 1 is 1.25 bits per heavy atom. The molecule has 0 spiro atoms. The van der Waals surface area contributed by atoms with Crippen LogP contribution in [-0.2, 0) is 23.1 Å². The number of fused-ring (bicyclic) bond motifs is 1. The maximum Gasteiger partial charge on any atom is 0.0928 e. The van der Waals surface area contributed by atoms with E-state index in [1.807, 2.05) is 0 Å². The highest BCUT2D eigenvalue weighted by atomic mass is 16.5. The lowest BCUT2D eigenvalue weighted by molar-refractivity contribution is 0.0287. The summed E-state index contributed by atoms with van der Waals surface area (Å²) < 4.78 is 12.7. The molecular weight excluding hydrogens is 252 g/mol. The van der Waals surface area contributed by atoms with Crippen LogP contribution in [0.25, 0.3) is 10.9 Å². The largest absolute Gasteiger partial charge is 0.382 e. The Labute approximate surface area is 120 Å². The molecule has 0 amide bonds. The highest BCUT2D eigenvalue weighted by Crippen LogP contribution is 2.24. The summed E-state index contributed by atoms with van der Waals surface area (Å²) >= 11 is 0. The number of hydrogen-bond donors (Lipinski definition) is 1. The summed E-state index contributed by atoms with van der Waals surface area (Å²) in [6, 6.07) is 8.51. The molecule has 2 rings (SSSR count). The van der Waals surface area contributed by atoms with Crippen molar-refractivity contribution in [1.29, 1.82) is 0 Å². The van der Waals surface area contributed by atoms with Gasteiger partial charge in [-0.3, -0.25) is 0 Å². The minimum absolute atomic E-state index is 0.0926. The molecule has 1 aromatic carbocycles. The molecule has 1 atom stereocenters. The van der Waals surface area contributed by atoms with E-state index in [4.69, 9.17) is 9.47 Å². The van der Waals surface area contributed by atoms with Gasteiger partial charge in [0.25, 0.3) is 0 Å². The van der Waals surface area contributed by atoms with Gasteiger partial charge in [-0.15, -0.1) is 0 Å². The van der Waals surface area contributed by atoms with Gasteiger partial charge in [0, 0.05) is 51.0 Å². The van der Waals surface area contributed by atoms with Gasteiger partial charge in [-0.1, -0.05) is 18.2 Å². The molecule has 20 heavy (non-hydrogen) atoms. The van der Waals surface area contributed by atoms with Gasteiger partial charge in [0.2, 0.25) is 0 Å². The zero-order valence-electron chi connectivity index (χ0n) is 12.8. The lowest BCUT2D eigenvalue weighted by Crippen LogP contribution is -2.32. The number of methoxy groups -OCH3 is 2. The molecule has 0 radical (unpaired) electrons. The molecule has 0 saturated heterocycles. The van der Waals surface area contributed by atoms with Crippen molar-refractivity contribution in [3.8, 4) is 0 Å². The summed E-state index contributed by atoms with van der Waals surface area (Å²) in [5.41, 5.74) is 3.94. The van der Waals surface area contributed by atoms with Gasteiger partial charge in [-0.05, 0) is 18.6 Å². The number of aromatic nitrogens is 1. The molecule has 0 bridgehead atoms. The molecule has 1 heterocycles. The van der Waals surface area contributed by atoms with Crippen LogP contribution in [0.4, 0.5) is 0 Å². The van der Waals surface area contributed by atoms with Gasteiger partial charge < -0.3 is 19.4 Å². The molecule has 0 aliphatic heterocycles. The van der Waals surface area contributed by atoms with Crippen molar-refractivity contribution in [3.63, 3.8) is 0 Å². The van der Waals surface area contributed by atoms with E-state index in [0.717, 1.165) is 13.1 Å². The maximum absolute atomic E-state index is 5.35. The van der Waals surface area contributed by atoms with E-state index >= 15 is 0 Å². The highest BCUT2D eigenvalue weighted by Gasteiger charge is 2.12. The van der Waals surface area contributed by atoms with Crippen molar-refractivity contribution >= 4 is 10.9 Å². The lowest BCUT2D eigenvalue weighted by atomic mass is 10.1. The fourth-order valence-corrected chi connectivity index (χ4v) is 2.63. The Bertz CT molecular complexity index is 524. The quantitative estimate of drug-likeness (QED) is 0.842. The van der Waals surface area contributed by atoms with Crippen LogP contribution in [0.1, 0.15) is 11.3 Å². The molecule has 2 aromatic rings. The molecule has 0 saturated carbocycles. The number of benzene rings is 1. The van der Waals surface area contributed by atoms with Gasteiger partial charge >= 0.3 is 0 Å². The number of para-hydroxylation sites is 1. The zero-order valence-corrected chi connectivity index (χ0v) is 12.8. The first-order valence-corrected chi connectivity index (χ1v) is 6.94. The van der Waals surface area contributed by atoms with E-state index in [2.05, 4.69) is 48.1 Å². The Morgan fingerprint density at radius 3 is 2.65 bits per heavy atom. The van der Waals surface area contributed by atoms with E-state index in [0.29, 0.717) is 6.61 Å². The van der Waals surface area contributed by atoms with Gasteiger partial charge in [-0.2, -0.15) is 0 Å². The van der Waals surface area contributed by atoms with Gasteiger partial charge in [0.15, 0.2) is 0 Å². The monoisotopic (exact) mass is 276 g/mol. The van der Waals surface area contributed by atoms with Gasteiger partial charge in [0.1, 0.15) is 0 Å². The fourth-order valence-electron chi connectivity index (χ4n) is 2.63. The number of aryl methyl sites for hydroxylation is 2. The summed E-state index contributed by atoms with van der Waals surface area (Å²) in [4.78, 5) is 0. The molecule has 4 heteroatoms. The second-order valence-electron chi connectivity index (χ2n) is 5.09. The first-order chi connectivity index (χ1) is 9.69. The van der Waals surface area contributed by atoms with E-state index in [1.165, 1.54) is 22.2 Å². The van der Waals surface area contributed by atoms with Crippen molar-refractivity contribution < 1.29 is 9.47 Å². The van der Waals surface area contributed by atoms with Crippen molar-refractivity contribution in [3.05, 3.63) is 35.5 Å². The van der Waals surface area contributed by atoms with Crippen LogP contribution in [-0.4, -0.2) is 38.0 Å². The summed E-state index contributed by atoms with van der Waals surface area (Å²) in [7, 11) is 5.53. The summed E-state index contributed by atoms with van der Waals surface area (Å²) in [6.07, 6.45) is 0.0926. The van der Waals surface area contributed by atoms with Crippen molar-refractivity contribution in [1.82, 2.24) is 9.88 Å². The molecule has 1 N–H and O–H groups in total. The molecule has 0 aliphatic carbocycles. The Balaban J connectivity index is 2.06. The number of nitrogens with zero attached hydrogens (tertiary/aromatic N) is 1. The molecule has 0 aliphatic rings. The third-order valence-electron chi connectivity index (χ3n) is 3.86. The lowest BCUT2D eigenvalue weighted by Gasteiger charge is -2.15. The summed E-state index contributed by atoms with van der Waals surface area (Å²) in [5, 5.41) is 4.78. The van der Waals surface area contributed by atoms with Crippen LogP contribution in [0.2, 0.25) is 0 Å². The molecule has 110 valence electrons. The summed E-state index contributed by atoms with van der Waals surface area (Å²) in [5.74, 6) is 0. The third-order valence-corrected chi connectivity index (χ3v) is 3.86. The number of rotatable bonds is 7. The molecule has 1 aromatic heterocycles. The second kappa shape index (κ2) is 6.88. The van der Waals surface area contributed by atoms with E-state index in [-0.39, 0.29) is 6.10 Å². The predicted molar refractivity (Wildman–Crippen MR) is 82.0 cm³/mol. The highest BCUT2D eigenvalue weighted by molar-refractivity contribution is 5.85. The minimum atomic E-state index is 0.0926. The zero-order chi connectivity index (χ0) is 14.5.